The number of aliphatic hydroxyl groups is 1. The van der Waals surface area contributed by atoms with Crippen LogP contribution in [0.5, 0.6) is 5.75 Å². The van der Waals surface area contributed by atoms with Crippen molar-refractivity contribution in [1.82, 2.24) is 10.6 Å². The number of rotatable bonds is 6. The van der Waals surface area contributed by atoms with Crippen molar-refractivity contribution in [3.8, 4) is 5.75 Å². The molecule has 5 nitrogen and oxygen atoms in total. The van der Waals surface area contributed by atoms with Crippen molar-refractivity contribution in [2.24, 2.45) is 4.99 Å². The molecular formula is C19H24IN3O2. The van der Waals surface area contributed by atoms with Crippen molar-refractivity contribution in [2.45, 2.75) is 19.1 Å². The molecule has 1 unspecified atom stereocenters. The van der Waals surface area contributed by atoms with Crippen molar-refractivity contribution in [3.63, 3.8) is 0 Å². The summed E-state index contributed by atoms with van der Waals surface area (Å²) in [5, 5.41) is 16.7. The molecule has 0 radical (unpaired) electrons. The summed E-state index contributed by atoms with van der Waals surface area (Å²) < 4.78 is 5.81. The first kappa shape index (κ1) is 19.5. The average molecular weight is 453 g/mol. The molecule has 0 saturated carbocycles. The highest BCUT2D eigenvalue weighted by atomic mass is 127. The lowest BCUT2D eigenvalue weighted by molar-refractivity contribution is 0.180. The maximum absolute atomic E-state index is 10.4. The molecule has 0 spiro atoms. The first-order valence-corrected chi connectivity index (χ1v) is 8.28. The van der Waals surface area contributed by atoms with Crippen LogP contribution < -0.4 is 15.4 Å². The van der Waals surface area contributed by atoms with E-state index in [-0.39, 0.29) is 24.0 Å². The summed E-state index contributed by atoms with van der Waals surface area (Å²) >= 11 is 0. The molecule has 0 aromatic heterocycles. The first-order valence-electron chi connectivity index (χ1n) is 8.28. The van der Waals surface area contributed by atoms with Crippen LogP contribution in [0.25, 0.3) is 0 Å². The van der Waals surface area contributed by atoms with Crippen LogP contribution in [-0.4, -0.2) is 30.7 Å². The summed E-state index contributed by atoms with van der Waals surface area (Å²) in [4.78, 5) is 4.33. The minimum Gasteiger partial charge on any atom is -0.489 e. The molecule has 1 atom stereocenters. The molecule has 134 valence electrons. The monoisotopic (exact) mass is 453 g/mol. The van der Waals surface area contributed by atoms with Gasteiger partial charge in [0.2, 0.25) is 0 Å². The van der Waals surface area contributed by atoms with Gasteiger partial charge in [-0.2, -0.15) is 0 Å². The molecule has 1 heterocycles. The van der Waals surface area contributed by atoms with Gasteiger partial charge in [-0.05, 0) is 29.7 Å². The van der Waals surface area contributed by atoms with Gasteiger partial charge in [0.1, 0.15) is 12.4 Å². The van der Waals surface area contributed by atoms with Crippen LogP contribution in [0.15, 0.2) is 59.6 Å². The van der Waals surface area contributed by atoms with Crippen LogP contribution in [0.3, 0.4) is 0 Å². The third-order valence-corrected chi connectivity index (χ3v) is 3.85. The van der Waals surface area contributed by atoms with Crippen molar-refractivity contribution >= 4 is 29.9 Å². The van der Waals surface area contributed by atoms with Crippen LogP contribution in [0.4, 0.5) is 0 Å². The van der Waals surface area contributed by atoms with E-state index in [0.29, 0.717) is 13.2 Å². The van der Waals surface area contributed by atoms with E-state index < -0.39 is 6.10 Å². The molecule has 0 aliphatic carbocycles. The molecular weight excluding hydrogens is 429 g/mol. The molecule has 6 heteroatoms. The molecule has 2 aromatic rings. The second-order valence-electron chi connectivity index (χ2n) is 5.75. The maximum Gasteiger partial charge on any atom is 0.191 e. The predicted octanol–water partition coefficient (Wildman–Crippen LogP) is 2.86. The lowest BCUT2D eigenvalue weighted by atomic mass is 10.1. The Balaban J connectivity index is 0.00000225. The number of hydrogen-bond donors (Lipinski definition) is 3. The van der Waals surface area contributed by atoms with Crippen molar-refractivity contribution in [2.75, 3.05) is 19.6 Å². The van der Waals surface area contributed by atoms with E-state index in [1.54, 1.807) is 0 Å². The molecule has 2 aromatic carbocycles. The summed E-state index contributed by atoms with van der Waals surface area (Å²) in [6.45, 7) is 2.67. The SMILES string of the molecule is I.OC(CNC1=NCCCN1)c1cccc(OCc2ccccc2)c1. The molecule has 0 fully saturated rings. The quantitative estimate of drug-likeness (QED) is 0.589. The summed E-state index contributed by atoms with van der Waals surface area (Å²) in [7, 11) is 0. The van der Waals surface area contributed by atoms with Crippen LogP contribution in [0.2, 0.25) is 0 Å². The third-order valence-electron chi connectivity index (χ3n) is 3.85. The van der Waals surface area contributed by atoms with Crippen LogP contribution >= 0.6 is 24.0 Å². The minimum absolute atomic E-state index is 0. The van der Waals surface area contributed by atoms with E-state index in [0.717, 1.165) is 42.3 Å². The Kier molecular flexibility index (Phi) is 8.00. The average Bonchev–Trinajstić information content (AvgIpc) is 2.66. The maximum atomic E-state index is 10.4. The molecule has 3 N–H and O–H groups in total. The highest BCUT2D eigenvalue weighted by Crippen LogP contribution is 2.20. The van der Waals surface area contributed by atoms with Gasteiger partial charge in [0.25, 0.3) is 0 Å². The number of hydrogen-bond acceptors (Lipinski definition) is 5. The highest BCUT2D eigenvalue weighted by molar-refractivity contribution is 14.0. The Morgan fingerprint density at radius 1 is 1.16 bits per heavy atom. The lowest BCUT2D eigenvalue weighted by Crippen LogP contribution is -2.42. The van der Waals surface area contributed by atoms with Gasteiger partial charge in [-0.25, -0.2) is 0 Å². The van der Waals surface area contributed by atoms with Crippen LogP contribution in [-0.2, 0) is 6.61 Å². The first-order chi connectivity index (χ1) is 11.8. The van der Waals surface area contributed by atoms with Gasteiger partial charge in [-0.15, -0.1) is 24.0 Å². The van der Waals surface area contributed by atoms with Gasteiger partial charge in [0.05, 0.1) is 6.10 Å². The van der Waals surface area contributed by atoms with Crippen molar-refractivity contribution in [1.29, 1.82) is 0 Å². The van der Waals surface area contributed by atoms with Gasteiger partial charge < -0.3 is 20.5 Å². The van der Waals surface area contributed by atoms with Gasteiger partial charge in [-0.1, -0.05) is 42.5 Å². The number of guanidine groups is 1. The van der Waals surface area contributed by atoms with E-state index >= 15 is 0 Å². The molecule has 1 aliphatic rings. The Hall–Kier alpha value is -1.80. The molecule has 3 rings (SSSR count). The predicted molar refractivity (Wildman–Crippen MR) is 111 cm³/mol. The zero-order valence-electron chi connectivity index (χ0n) is 14.0. The Bertz CT molecular complexity index is 679. The topological polar surface area (TPSA) is 65.9 Å². The molecule has 1 aliphatic heterocycles. The zero-order chi connectivity index (χ0) is 16.6. The second kappa shape index (κ2) is 10.2. The van der Waals surface area contributed by atoms with Gasteiger partial charge in [0, 0.05) is 19.6 Å². The number of aliphatic hydroxyl groups excluding tert-OH is 1. The molecule has 0 bridgehead atoms. The van der Waals surface area contributed by atoms with Gasteiger partial charge in [-0.3, -0.25) is 4.99 Å². The number of benzene rings is 2. The van der Waals surface area contributed by atoms with Gasteiger partial charge in [0.15, 0.2) is 5.96 Å². The minimum atomic E-state index is -0.614. The fourth-order valence-electron chi connectivity index (χ4n) is 2.51. The van der Waals surface area contributed by atoms with E-state index in [4.69, 9.17) is 4.74 Å². The molecule has 0 amide bonds. The van der Waals surface area contributed by atoms with Crippen molar-refractivity contribution < 1.29 is 9.84 Å². The summed E-state index contributed by atoms with van der Waals surface area (Å²) in [5.74, 6) is 1.51. The largest absolute Gasteiger partial charge is 0.489 e. The fourth-order valence-corrected chi connectivity index (χ4v) is 2.51. The smallest absolute Gasteiger partial charge is 0.191 e. The normalized spacial score (nSPS) is 14.5. The van der Waals surface area contributed by atoms with E-state index in [1.165, 1.54) is 0 Å². The number of nitrogens with zero attached hydrogens (tertiary/aromatic N) is 1. The number of ether oxygens (including phenoxy) is 1. The standard InChI is InChI=1S/C19H23N3O2.HI/c23-18(13-22-19-20-10-5-11-21-19)16-8-4-9-17(12-16)24-14-15-6-2-1-3-7-15;/h1-4,6-9,12,18,23H,5,10-11,13-14H2,(H2,20,21,22);1H. The highest BCUT2D eigenvalue weighted by Gasteiger charge is 2.11. The number of halogens is 1. The van der Waals surface area contributed by atoms with E-state index in [2.05, 4.69) is 15.6 Å². The molecule has 25 heavy (non-hydrogen) atoms. The third kappa shape index (κ3) is 6.21. The van der Waals surface area contributed by atoms with Crippen molar-refractivity contribution in [3.05, 3.63) is 65.7 Å². The van der Waals surface area contributed by atoms with Gasteiger partial charge >= 0.3 is 0 Å². The summed E-state index contributed by atoms with van der Waals surface area (Å²) in [6.07, 6.45) is 0.436. The van der Waals surface area contributed by atoms with Crippen LogP contribution in [0, 0.1) is 0 Å². The summed E-state index contributed by atoms with van der Waals surface area (Å²) in [5.41, 5.74) is 1.94. The Morgan fingerprint density at radius 2 is 2.00 bits per heavy atom. The van der Waals surface area contributed by atoms with Crippen LogP contribution in [0.1, 0.15) is 23.7 Å². The number of nitrogens with one attached hydrogen (secondary N) is 2. The Morgan fingerprint density at radius 3 is 2.76 bits per heavy atom. The second-order valence-corrected chi connectivity index (χ2v) is 5.75. The number of aliphatic imine (C=N–C) groups is 1. The zero-order valence-corrected chi connectivity index (χ0v) is 16.4. The lowest BCUT2D eigenvalue weighted by Gasteiger charge is -2.18. The summed E-state index contributed by atoms with van der Waals surface area (Å²) in [6, 6.07) is 17.6. The fraction of sp³-hybridized carbons (Fsp3) is 0.316. The van der Waals surface area contributed by atoms with E-state index in [1.807, 2.05) is 54.6 Å². The Labute approximate surface area is 165 Å². The molecule has 0 saturated heterocycles. The van der Waals surface area contributed by atoms with E-state index in [9.17, 15) is 5.11 Å².